The van der Waals surface area contributed by atoms with Gasteiger partial charge in [0.1, 0.15) is 0 Å². The minimum atomic E-state index is -4.69. The summed E-state index contributed by atoms with van der Waals surface area (Å²) in [4.78, 5) is 10.9. The number of carbonyl (C=O) groups excluding carboxylic acids is 1. The van der Waals surface area contributed by atoms with Gasteiger partial charge in [0, 0.05) is 5.92 Å². The molecule has 80 valence electrons. The quantitative estimate of drug-likeness (QED) is 0.739. The van der Waals surface area contributed by atoms with Gasteiger partial charge in [0.2, 0.25) is 5.78 Å². The lowest BCUT2D eigenvalue weighted by atomic mass is 10.1. The number of halogens is 3. The van der Waals surface area contributed by atoms with Crippen molar-refractivity contribution in [3.63, 3.8) is 0 Å². The Morgan fingerprint density at radius 1 is 1.20 bits per heavy atom. The molecule has 1 nitrogen and oxygen atoms in total. The maximum Gasteiger partial charge on any atom is 0.450 e. The van der Waals surface area contributed by atoms with Crippen LogP contribution >= 0.6 is 0 Å². The second-order valence-electron chi connectivity index (χ2n) is 3.72. The van der Waals surface area contributed by atoms with Gasteiger partial charge in [-0.3, -0.25) is 4.79 Å². The predicted molar refractivity (Wildman–Crippen MR) is 48.4 cm³/mol. The largest absolute Gasteiger partial charge is 0.450 e. The summed E-state index contributed by atoms with van der Waals surface area (Å²) in [6, 6.07) is 8.85. The Morgan fingerprint density at radius 3 is 2.33 bits per heavy atom. The summed E-state index contributed by atoms with van der Waals surface area (Å²) in [6.45, 7) is 0. The zero-order valence-electron chi connectivity index (χ0n) is 7.79. The number of carbonyl (C=O) groups is 1. The van der Waals surface area contributed by atoms with Crippen LogP contribution in [0.3, 0.4) is 0 Å². The summed E-state index contributed by atoms with van der Waals surface area (Å²) >= 11 is 0. The summed E-state index contributed by atoms with van der Waals surface area (Å²) in [7, 11) is 0. The standard InChI is InChI=1S/C11H9F3O/c12-11(13,14)10(15)9-6-8(9)7-4-2-1-3-5-7/h1-5,8-9H,6H2/t8-,9+/m1/s1. The molecule has 0 heterocycles. The minimum absolute atomic E-state index is 0.236. The molecule has 1 aliphatic carbocycles. The second-order valence-corrected chi connectivity index (χ2v) is 3.72. The lowest BCUT2D eigenvalue weighted by Gasteiger charge is -2.04. The lowest BCUT2D eigenvalue weighted by Crippen LogP contribution is -2.24. The number of benzene rings is 1. The normalized spacial score (nSPS) is 25.0. The van der Waals surface area contributed by atoms with Gasteiger partial charge in [-0.25, -0.2) is 0 Å². The van der Waals surface area contributed by atoms with E-state index in [4.69, 9.17) is 0 Å². The predicted octanol–water partition coefficient (Wildman–Crippen LogP) is 2.92. The van der Waals surface area contributed by atoms with Crippen molar-refractivity contribution >= 4 is 5.78 Å². The van der Waals surface area contributed by atoms with Gasteiger partial charge in [0.15, 0.2) is 0 Å². The first-order valence-electron chi connectivity index (χ1n) is 4.66. The number of hydrogen-bond donors (Lipinski definition) is 0. The van der Waals surface area contributed by atoms with E-state index in [1.165, 1.54) is 0 Å². The molecule has 15 heavy (non-hydrogen) atoms. The molecule has 1 aliphatic rings. The first kappa shape index (κ1) is 10.2. The molecule has 0 bridgehead atoms. The third-order valence-corrected chi connectivity index (χ3v) is 2.63. The fourth-order valence-corrected chi connectivity index (χ4v) is 1.76. The molecule has 0 radical (unpaired) electrons. The summed E-state index contributed by atoms with van der Waals surface area (Å²) < 4.78 is 36.2. The number of alkyl halides is 3. The first-order chi connectivity index (χ1) is 7.00. The molecule has 1 aromatic rings. The Hall–Kier alpha value is -1.32. The van der Waals surface area contributed by atoms with E-state index in [9.17, 15) is 18.0 Å². The van der Waals surface area contributed by atoms with E-state index in [1.807, 2.05) is 0 Å². The molecule has 0 unspecified atom stereocenters. The highest BCUT2D eigenvalue weighted by atomic mass is 19.4. The summed E-state index contributed by atoms with van der Waals surface area (Å²) in [5, 5.41) is 0. The summed E-state index contributed by atoms with van der Waals surface area (Å²) in [5.74, 6) is -2.68. The van der Waals surface area contributed by atoms with Crippen LogP contribution in [0.4, 0.5) is 13.2 Å². The van der Waals surface area contributed by atoms with Gasteiger partial charge in [0.25, 0.3) is 0 Å². The van der Waals surface area contributed by atoms with Crippen molar-refractivity contribution in [2.45, 2.75) is 18.5 Å². The molecule has 1 saturated carbocycles. The highest BCUT2D eigenvalue weighted by molar-refractivity contribution is 5.89. The molecule has 0 spiro atoms. The van der Waals surface area contributed by atoms with Crippen molar-refractivity contribution in [2.24, 2.45) is 5.92 Å². The highest BCUT2D eigenvalue weighted by Gasteiger charge is 2.54. The van der Waals surface area contributed by atoms with Crippen LogP contribution in [0.25, 0.3) is 0 Å². The highest BCUT2D eigenvalue weighted by Crippen LogP contribution is 2.50. The van der Waals surface area contributed by atoms with Gasteiger partial charge >= 0.3 is 6.18 Å². The van der Waals surface area contributed by atoms with Crippen LogP contribution in [-0.4, -0.2) is 12.0 Å². The van der Waals surface area contributed by atoms with Gasteiger partial charge in [-0.05, 0) is 17.9 Å². The Kier molecular flexibility index (Phi) is 2.29. The van der Waals surface area contributed by atoms with Crippen LogP contribution in [0.15, 0.2) is 30.3 Å². The Labute approximate surface area is 84.9 Å². The molecule has 0 aromatic heterocycles. The van der Waals surface area contributed by atoms with Crippen LogP contribution in [0.5, 0.6) is 0 Å². The Balaban J connectivity index is 2.06. The van der Waals surface area contributed by atoms with Crippen LogP contribution in [0.1, 0.15) is 17.9 Å². The van der Waals surface area contributed by atoms with Gasteiger partial charge in [0.05, 0.1) is 0 Å². The van der Waals surface area contributed by atoms with Crippen LogP contribution in [-0.2, 0) is 4.79 Å². The maximum atomic E-state index is 12.1. The molecule has 2 atom stereocenters. The van der Waals surface area contributed by atoms with Crippen molar-refractivity contribution in [3.05, 3.63) is 35.9 Å². The van der Waals surface area contributed by atoms with Crippen LogP contribution < -0.4 is 0 Å². The number of ketones is 1. The lowest BCUT2D eigenvalue weighted by molar-refractivity contribution is -0.172. The number of rotatable bonds is 2. The van der Waals surface area contributed by atoms with Gasteiger partial charge in [-0.2, -0.15) is 13.2 Å². The van der Waals surface area contributed by atoms with Crippen molar-refractivity contribution in [3.8, 4) is 0 Å². The van der Waals surface area contributed by atoms with Gasteiger partial charge in [-0.1, -0.05) is 30.3 Å². The minimum Gasteiger partial charge on any atom is -0.289 e. The van der Waals surface area contributed by atoms with E-state index in [-0.39, 0.29) is 5.92 Å². The fourth-order valence-electron chi connectivity index (χ4n) is 1.76. The Morgan fingerprint density at radius 2 is 1.80 bits per heavy atom. The molecule has 4 heteroatoms. The second kappa shape index (κ2) is 3.36. The monoisotopic (exact) mass is 214 g/mol. The van der Waals surface area contributed by atoms with E-state index in [0.29, 0.717) is 6.42 Å². The molecule has 1 aromatic carbocycles. The SMILES string of the molecule is O=C([C@H]1C[C@@H]1c1ccccc1)C(F)(F)F. The van der Waals surface area contributed by atoms with E-state index >= 15 is 0 Å². The van der Waals surface area contributed by atoms with Crippen molar-refractivity contribution in [1.29, 1.82) is 0 Å². The average Bonchev–Trinajstić information content (AvgIpc) is 2.96. The molecule has 0 aliphatic heterocycles. The molecule has 0 amide bonds. The third kappa shape index (κ3) is 2.03. The topological polar surface area (TPSA) is 17.1 Å². The molecular weight excluding hydrogens is 205 g/mol. The number of hydrogen-bond acceptors (Lipinski definition) is 1. The first-order valence-corrected chi connectivity index (χ1v) is 4.66. The van der Waals surface area contributed by atoms with Crippen LogP contribution in [0, 0.1) is 5.92 Å². The smallest absolute Gasteiger partial charge is 0.289 e. The van der Waals surface area contributed by atoms with Gasteiger partial charge in [-0.15, -0.1) is 0 Å². The van der Waals surface area contributed by atoms with Crippen molar-refractivity contribution < 1.29 is 18.0 Å². The molecular formula is C11H9F3O. The fraction of sp³-hybridized carbons (Fsp3) is 0.364. The summed E-state index contributed by atoms with van der Waals surface area (Å²) in [5.41, 5.74) is 0.820. The maximum absolute atomic E-state index is 12.1. The number of Topliss-reactive ketones (excluding diaryl/α,β-unsaturated/α-hetero) is 1. The van der Waals surface area contributed by atoms with E-state index in [2.05, 4.69) is 0 Å². The molecule has 1 fully saturated rings. The average molecular weight is 214 g/mol. The summed E-state index contributed by atoms with van der Waals surface area (Å²) in [6.07, 6.45) is -4.36. The molecule has 2 rings (SSSR count). The Bertz CT molecular complexity index is 369. The molecule has 0 saturated heterocycles. The zero-order valence-corrected chi connectivity index (χ0v) is 7.79. The third-order valence-electron chi connectivity index (χ3n) is 2.63. The van der Waals surface area contributed by atoms with E-state index < -0.39 is 17.9 Å². The zero-order chi connectivity index (χ0) is 11.1. The van der Waals surface area contributed by atoms with Crippen molar-refractivity contribution in [1.82, 2.24) is 0 Å². The molecule has 0 N–H and O–H groups in total. The van der Waals surface area contributed by atoms with Crippen LogP contribution in [0.2, 0.25) is 0 Å². The van der Waals surface area contributed by atoms with Gasteiger partial charge < -0.3 is 0 Å². The van der Waals surface area contributed by atoms with Crippen molar-refractivity contribution in [2.75, 3.05) is 0 Å². The van der Waals surface area contributed by atoms with E-state index in [0.717, 1.165) is 5.56 Å². The van der Waals surface area contributed by atoms with E-state index in [1.54, 1.807) is 30.3 Å².